The van der Waals surface area contributed by atoms with E-state index in [4.69, 9.17) is 23.4 Å². The molecule has 0 spiro atoms. The third kappa shape index (κ3) is 6.19. The van der Waals surface area contributed by atoms with Crippen molar-refractivity contribution in [1.82, 2.24) is 0 Å². The van der Waals surface area contributed by atoms with Gasteiger partial charge in [-0.15, -0.1) is 0 Å². The summed E-state index contributed by atoms with van der Waals surface area (Å²) in [4.78, 5) is 0. The molecule has 2 heterocycles. The van der Waals surface area contributed by atoms with E-state index in [1.807, 2.05) is 79.7 Å². The molecule has 0 aliphatic carbocycles. The topological polar surface area (TPSA) is 66.4 Å². The molecular weight excluding hydrogens is 580 g/mol. The number of rotatable bonds is 11. The van der Waals surface area contributed by atoms with Crippen LogP contribution in [0.1, 0.15) is 38.8 Å². The van der Waals surface area contributed by atoms with E-state index in [1.54, 1.807) is 0 Å². The Morgan fingerprint density at radius 3 is 1.62 bits per heavy atom. The molecule has 5 atom stereocenters. The van der Waals surface area contributed by atoms with Gasteiger partial charge in [0.2, 0.25) is 0 Å². The Hall–Kier alpha value is -3.14. The third-order valence-corrected chi connectivity index (χ3v) is 14.2. The Morgan fingerprint density at radius 2 is 1.16 bits per heavy atom. The zero-order chi connectivity index (χ0) is 31.5. The van der Waals surface area contributed by atoms with Crippen LogP contribution >= 0.6 is 0 Å². The predicted molar refractivity (Wildman–Crippen MR) is 178 cm³/mol. The first kappa shape index (κ1) is 31.8. The van der Waals surface area contributed by atoms with E-state index >= 15 is 0 Å². The Labute approximate surface area is 268 Å². The number of hydrogen-bond acceptors (Lipinski definition) is 6. The summed E-state index contributed by atoms with van der Waals surface area (Å²) in [6.07, 6.45) is -2.20. The Morgan fingerprint density at radius 1 is 0.711 bits per heavy atom. The molecule has 45 heavy (non-hydrogen) atoms. The van der Waals surface area contributed by atoms with E-state index in [2.05, 4.69) is 69.3 Å². The average molecular weight is 625 g/mol. The molecular formula is C38H44O6Si. The summed E-state index contributed by atoms with van der Waals surface area (Å²) >= 11 is 0. The Balaban J connectivity index is 1.40. The van der Waals surface area contributed by atoms with Crippen LogP contribution in [-0.2, 0) is 36.6 Å². The van der Waals surface area contributed by atoms with E-state index in [0.717, 1.165) is 21.5 Å². The average Bonchev–Trinajstić information content (AvgIpc) is 3.44. The van der Waals surface area contributed by atoms with Crippen LogP contribution in [0.15, 0.2) is 121 Å². The molecule has 2 saturated heterocycles. The molecule has 4 aromatic rings. The molecule has 2 aliphatic heterocycles. The normalized spacial score (nSPS) is 26.6. The zero-order valence-electron chi connectivity index (χ0n) is 26.6. The predicted octanol–water partition coefficient (Wildman–Crippen LogP) is 5.61. The first-order chi connectivity index (χ1) is 21.7. The fraction of sp³-hybridized carbons (Fsp3) is 0.368. The molecule has 1 N–H and O–H groups in total. The van der Waals surface area contributed by atoms with Gasteiger partial charge in [-0.05, 0) is 33.5 Å². The molecule has 0 aromatic heterocycles. The second-order valence-corrected chi connectivity index (χ2v) is 17.6. The van der Waals surface area contributed by atoms with E-state index in [0.29, 0.717) is 13.2 Å². The molecule has 6 nitrogen and oxygen atoms in total. The van der Waals surface area contributed by atoms with Crippen molar-refractivity contribution in [1.29, 1.82) is 0 Å². The number of hydrogen-bond donors (Lipinski definition) is 1. The summed E-state index contributed by atoms with van der Waals surface area (Å²) < 4.78 is 33.4. The van der Waals surface area contributed by atoms with Crippen LogP contribution in [0, 0.1) is 0 Å². The molecule has 2 bridgehead atoms. The molecule has 2 fully saturated rings. The van der Waals surface area contributed by atoms with Gasteiger partial charge in [-0.1, -0.05) is 142 Å². The molecule has 236 valence electrons. The van der Waals surface area contributed by atoms with Crippen molar-refractivity contribution in [2.24, 2.45) is 0 Å². The number of benzene rings is 4. The minimum atomic E-state index is -2.99. The fourth-order valence-corrected chi connectivity index (χ4v) is 11.5. The quantitative estimate of drug-likeness (QED) is 0.219. The minimum absolute atomic E-state index is 0.0188. The number of fused-ring (bicyclic) bond motifs is 2. The van der Waals surface area contributed by atoms with Crippen molar-refractivity contribution in [2.45, 2.75) is 75.6 Å². The first-order valence-corrected chi connectivity index (χ1v) is 17.7. The van der Waals surface area contributed by atoms with Crippen LogP contribution in [0.2, 0.25) is 5.04 Å². The van der Waals surface area contributed by atoms with Gasteiger partial charge >= 0.3 is 0 Å². The minimum Gasteiger partial charge on any atom is -0.404 e. The van der Waals surface area contributed by atoms with Crippen molar-refractivity contribution < 1.29 is 28.5 Å². The maximum atomic E-state index is 12.9. The fourth-order valence-electron chi connectivity index (χ4n) is 6.86. The van der Waals surface area contributed by atoms with Crippen LogP contribution in [0.25, 0.3) is 0 Å². The van der Waals surface area contributed by atoms with Gasteiger partial charge in [0.25, 0.3) is 8.32 Å². The summed E-state index contributed by atoms with van der Waals surface area (Å²) in [5.74, 6) is -1.09. The molecule has 0 saturated carbocycles. The SMILES string of the molecule is CC(C)(C)[Si](OC[C@@]1(O)[C@H](OCc2ccccc2)[C@@H](OCc2ccccc2)[C@]2(C)OC[C@H]1O2)(c1ccccc1)c1ccccc1. The highest BCUT2D eigenvalue weighted by molar-refractivity contribution is 6.99. The highest BCUT2D eigenvalue weighted by atomic mass is 28.4. The van der Waals surface area contributed by atoms with Gasteiger partial charge in [0.05, 0.1) is 26.4 Å². The molecule has 2 aliphatic rings. The summed E-state index contributed by atoms with van der Waals surface area (Å²) in [5, 5.41) is 14.9. The monoisotopic (exact) mass is 624 g/mol. The van der Waals surface area contributed by atoms with E-state index in [9.17, 15) is 5.11 Å². The first-order valence-electron chi connectivity index (χ1n) is 15.8. The van der Waals surface area contributed by atoms with Gasteiger partial charge in [-0.25, -0.2) is 0 Å². The maximum Gasteiger partial charge on any atom is 0.261 e. The van der Waals surface area contributed by atoms with Gasteiger partial charge in [0.15, 0.2) is 5.79 Å². The van der Waals surface area contributed by atoms with Crippen LogP contribution in [0.5, 0.6) is 0 Å². The maximum absolute atomic E-state index is 12.9. The third-order valence-electron chi connectivity index (χ3n) is 9.22. The van der Waals surface area contributed by atoms with Crippen molar-refractivity contribution in [3.63, 3.8) is 0 Å². The largest absolute Gasteiger partial charge is 0.404 e. The second-order valence-electron chi connectivity index (χ2n) is 13.3. The van der Waals surface area contributed by atoms with Gasteiger partial charge in [-0.3, -0.25) is 0 Å². The van der Waals surface area contributed by atoms with Crippen molar-refractivity contribution in [3.8, 4) is 0 Å². The van der Waals surface area contributed by atoms with Crippen molar-refractivity contribution in [3.05, 3.63) is 132 Å². The van der Waals surface area contributed by atoms with Gasteiger partial charge < -0.3 is 28.5 Å². The lowest BCUT2D eigenvalue weighted by atomic mass is 9.83. The van der Waals surface area contributed by atoms with Crippen molar-refractivity contribution >= 4 is 18.7 Å². The van der Waals surface area contributed by atoms with Crippen LogP contribution < -0.4 is 10.4 Å². The summed E-state index contributed by atoms with van der Waals surface area (Å²) in [6.45, 7) is 9.35. The number of aliphatic hydroxyl groups is 1. The molecule has 6 rings (SSSR count). The molecule has 4 aromatic carbocycles. The summed E-state index contributed by atoms with van der Waals surface area (Å²) in [6, 6.07) is 40.8. The van der Waals surface area contributed by atoms with Gasteiger partial charge in [0, 0.05) is 0 Å². The smallest absolute Gasteiger partial charge is 0.261 e. The van der Waals surface area contributed by atoms with E-state index in [1.165, 1.54) is 0 Å². The lowest BCUT2D eigenvalue weighted by Gasteiger charge is -2.51. The lowest BCUT2D eigenvalue weighted by molar-refractivity contribution is -0.336. The van der Waals surface area contributed by atoms with Crippen molar-refractivity contribution in [2.75, 3.05) is 13.2 Å². The Kier molecular flexibility index (Phi) is 9.14. The van der Waals surface area contributed by atoms with Crippen LogP contribution in [-0.4, -0.2) is 56.3 Å². The molecule has 7 heteroatoms. The van der Waals surface area contributed by atoms with Gasteiger partial charge in [-0.2, -0.15) is 0 Å². The second kappa shape index (κ2) is 12.9. The summed E-state index contributed by atoms with van der Waals surface area (Å²) in [7, 11) is -2.99. The Bertz CT molecular complexity index is 1470. The molecule has 0 radical (unpaired) electrons. The lowest BCUT2D eigenvalue weighted by Crippen LogP contribution is -2.73. The summed E-state index contributed by atoms with van der Waals surface area (Å²) in [5.41, 5.74) is 0.439. The van der Waals surface area contributed by atoms with Crippen LogP contribution in [0.4, 0.5) is 0 Å². The van der Waals surface area contributed by atoms with Crippen LogP contribution in [0.3, 0.4) is 0 Å². The van der Waals surface area contributed by atoms with E-state index in [-0.39, 0.29) is 18.3 Å². The zero-order valence-corrected chi connectivity index (χ0v) is 27.6. The van der Waals surface area contributed by atoms with E-state index < -0.39 is 38.0 Å². The highest BCUT2D eigenvalue weighted by Gasteiger charge is 2.66. The standard InChI is InChI=1S/C38H44O6Si/c1-36(2,3)45(31-21-13-7-14-22-31,32-23-15-8-16-24-32)43-28-38(39)33-27-42-37(4,44-33)34(40-25-29-17-9-5-10-18-29)35(38)41-26-30-19-11-6-12-20-30/h5-24,33-35,39H,25-28H2,1-4H3/t33-,34-,35-,37-,38+/m1/s1. The molecule has 0 amide bonds. The number of ether oxygens (including phenoxy) is 4. The van der Waals surface area contributed by atoms with Gasteiger partial charge in [0.1, 0.15) is 23.9 Å². The molecule has 0 unspecified atom stereocenters. The highest BCUT2D eigenvalue weighted by Crippen LogP contribution is 2.47.